The highest BCUT2D eigenvalue weighted by Crippen LogP contribution is 2.49. The van der Waals surface area contributed by atoms with Crippen molar-refractivity contribution >= 4 is 17.6 Å². The number of amides is 1. The molecule has 1 saturated carbocycles. The number of ether oxygens (including phenoxy) is 1. The van der Waals surface area contributed by atoms with E-state index in [0.29, 0.717) is 0 Å². The molecule has 3 rings (SSSR count). The first-order valence-corrected chi connectivity index (χ1v) is 8.12. The fourth-order valence-corrected chi connectivity index (χ4v) is 2.95. The molecule has 1 N–H and O–H groups in total. The monoisotopic (exact) mass is 323 g/mol. The van der Waals surface area contributed by atoms with Crippen molar-refractivity contribution in [1.29, 1.82) is 0 Å². The maximum atomic E-state index is 12.4. The van der Waals surface area contributed by atoms with Crippen LogP contribution in [-0.2, 0) is 19.7 Å². The molecule has 4 nitrogen and oxygen atoms in total. The first-order valence-electron chi connectivity index (χ1n) is 8.12. The summed E-state index contributed by atoms with van der Waals surface area (Å²) in [5.41, 5.74) is 3.16. The highest BCUT2D eigenvalue weighted by atomic mass is 16.5. The van der Waals surface area contributed by atoms with Crippen LogP contribution in [0.5, 0.6) is 0 Å². The van der Waals surface area contributed by atoms with Gasteiger partial charge in [-0.3, -0.25) is 9.59 Å². The van der Waals surface area contributed by atoms with Crippen LogP contribution in [-0.4, -0.2) is 18.5 Å². The summed E-state index contributed by atoms with van der Waals surface area (Å²) >= 11 is 0. The van der Waals surface area contributed by atoms with E-state index in [4.69, 9.17) is 4.74 Å². The van der Waals surface area contributed by atoms with E-state index >= 15 is 0 Å². The Morgan fingerprint density at radius 1 is 1.00 bits per heavy atom. The maximum Gasteiger partial charge on any atom is 0.317 e. The van der Waals surface area contributed by atoms with Gasteiger partial charge in [0.15, 0.2) is 6.61 Å². The van der Waals surface area contributed by atoms with Crippen molar-refractivity contribution in [2.24, 2.45) is 0 Å². The van der Waals surface area contributed by atoms with Crippen molar-refractivity contribution in [2.45, 2.75) is 32.1 Å². The van der Waals surface area contributed by atoms with Gasteiger partial charge in [0.25, 0.3) is 5.91 Å². The molecule has 0 atom stereocenters. The Labute approximate surface area is 141 Å². The summed E-state index contributed by atoms with van der Waals surface area (Å²) in [4.78, 5) is 24.5. The Bertz CT molecular complexity index is 743. The molecule has 0 aliphatic heterocycles. The molecule has 0 saturated heterocycles. The normalized spacial score (nSPS) is 14.8. The van der Waals surface area contributed by atoms with E-state index in [2.05, 4.69) is 5.32 Å². The smallest absolute Gasteiger partial charge is 0.317 e. The quantitative estimate of drug-likeness (QED) is 0.857. The minimum Gasteiger partial charge on any atom is -0.455 e. The fourth-order valence-electron chi connectivity index (χ4n) is 2.95. The van der Waals surface area contributed by atoms with E-state index in [1.165, 1.54) is 0 Å². The number of hydrogen-bond donors (Lipinski definition) is 1. The molecule has 1 fully saturated rings. The number of carbonyl (C=O) groups is 2. The molecule has 0 radical (unpaired) electrons. The molecule has 0 unspecified atom stereocenters. The van der Waals surface area contributed by atoms with E-state index in [1.807, 2.05) is 62.4 Å². The average molecular weight is 323 g/mol. The number of nitrogens with one attached hydrogen (secondary N) is 1. The van der Waals surface area contributed by atoms with E-state index in [1.54, 1.807) is 0 Å². The fraction of sp³-hybridized carbons (Fsp3) is 0.300. The molecule has 0 bridgehead atoms. The van der Waals surface area contributed by atoms with E-state index in [9.17, 15) is 9.59 Å². The van der Waals surface area contributed by atoms with Crippen LogP contribution < -0.4 is 5.32 Å². The lowest BCUT2D eigenvalue weighted by molar-refractivity contribution is -0.150. The molecule has 0 aromatic heterocycles. The van der Waals surface area contributed by atoms with Crippen LogP contribution in [0.15, 0.2) is 48.5 Å². The number of esters is 1. The summed E-state index contributed by atoms with van der Waals surface area (Å²) in [5, 5.41) is 2.83. The highest BCUT2D eigenvalue weighted by Gasteiger charge is 2.52. The molecule has 0 heterocycles. The standard InChI is InChI=1S/C20H21NO3/c1-14-7-6-8-15(2)18(14)21-17(22)13-24-19(23)20(11-12-20)16-9-4-3-5-10-16/h3-10H,11-13H2,1-2H3,(H,21,22). The second-order valence-corrected chi connectivity index (χ2v) is 6.34. The molecular weight excluding hydrogens is 302 g/mol. The number of para-hydroxylation sites is 1. The van der Waals surface area contributed by atoms with E-state index in [0.717, 1.165) is 35.2 Å². The Balaban J connectivity index is 1.60. The predicted molar refractivity (Wildman–Crippen MR) is 92.9 cm³/mol. The van der Waals surface area contributed by atoms with Crippen LogP contribution in [0.2, 0.25) is 0 Å². The summed E-state index contributed by atoms with van der Waals surface area (Å²) in [5.74, 6) is -0.630. The van der Waals surface area contributed by atoms with Crippen LogP contribution in [0.1, 0.15) is 29.5 Å². The zero-order valence-electron chi connectivity index (χ0n) is 14.0. The second-order valence-electron chi connectivity index (χ2n) is 6.34. The third kappa shape index (κ3) is 3.18. The van der Waals surface area contributed by atoms with Gasteiger partial charge in [-0.25, -0.2) is 0 Å². The molecule has 1 aliphatic carbocycles. The summed E-state index contributed by atoms with van der Waals surface area (Å²) in [6.45, 7) is 3.60. The van der Waals surface area contributed by atoms with Crippen molar-refractivity contribution in [1.82, 2.24) is 0 Å². The first kappa shape index (κ1) is 16.2. The van der Waals surface area contributed by atoms with E-state index in [-0.39, 0.29) is 18.5 Å². The highest BCUT2D eigenvalue weighted by molar-refractivity contribution is 5.95. The molecule has 1 aliphatic rings. The summed E-state index contributed by atoms with van der Waals surface area (Å²) < 4.78 is 5.29. The third-order valence-electron chi connectivity index (χ3n) is 4.55. The molecule has 1 amide bonds. The molecular formula is C20H21NO3. The van der Waals surface area contributed by atoms with Crippen LogP contribution in [0.25, 0.3) is 0 Å². The molecule has 0 spiro atoms. The van der Waals surface area contributed by atoms with Crippen LogP contribution in [0.3, 0.4) is 0 Å². The summed E-state index contributed by atoms with van der Waals surface area (Å²) in [7, 11) is 0. The summed E-state index contributed by atoms with van der Waals surface area (Å²) in [6, 6.07) is 15.4. The van der Waals surface area contributed by atoms with Crippen molar-refractivity contribution in [3.8, 4) is 0 Å². The minimum atomic E-state index is -0.555. The van der Waals surface area contributed by atoms with Crippen LogP contribution in [0, 0.1) is 13.8 Å². The van der Waals surface area contributed by atoms with Gasteiger partial charge in [0.2, 0.25) is 0 Å². The lowest BCUT2D eigenvalue weighted by Gasteiger charge is -2.15. The van der Waals surface area contributed by atoms with Gasteiger partial charge in [0.1, 0.15) is 0 Å². The lowest BCUT2D eigenvalue weighted by atomic mass is 9.96. The van der Waals surface area contributed by atoms with Gasteiger partial charge in [0.05, 0.1) is 5.41 Å². The molecule has 124 valence electrons. The van der Waals surface area contributed by atoms with Gasteiger partial charge in [-0.2, -0.15) is 0 Å². The van der Waals surface area contributed by atoms with Crippen LogP contribution >= 0.6 is 0 Å². The van der Waals surface area contributed by atoms with Crippen molar-refractivity contribution in [2.75, 3.05) is 11.9 Å². The Morgan fingerprint density at radius 3 is 2.21 bits per heavy atom. The summed E-state index contributed by atoms with van der Waals surface area (Å²) in [6.07, 6.45) is 1.54. The number of carbonyl (C=O) groups excluding carboxylic acids is 2. The largest absolute Gasteiger partial charge is 0.455 e. The van der Waals surface area contributed by atoms with Gasteiger partial charge < -0.3 is 10.1 Å². The van der Waals surface area contributed by atoms with Gasteiger partial charge in [0, 0.05) is 5.69 Å². The van der Waals surface area contributed by atoms with Gasteiger partial charge >= 0.3 is 5.97 Å². The van der Waals surface area contributed by atoms with Crippen molar-refractivity contribution in [3.05, 3.63) is 65.2 Å². The zero-order valence-corrected chi connectivity index (χ0v) is 14.0. The topological polar surface area (TPSA) is 55.4 Å². The Morgan fingerprint density at radius 2 is 1.62 bits per heavy atom. The number of benzene rings is 2. The third-order valence-corrected chi connectivity index (χ3v) is 4.55. The minimum absolute atomic E-state index is 0.263. The second kappa shape index (κ2) is 6.48. The van der Waals surface area contributed by atoms with Gasteiger partial charge in [-0.05, 0) is 43.4 Å². The SMILES string of the molecule is Cc1cccc(C)c1NC(=O)COC(=O)C1(c2ccccc2)CC1. The average Bonchev–Trinajstić information content (AvgIpc) is 3.39. The first-order chi connectivity index (χ1) is 11.5. The predicted octanol–water partition coefficient (Wildman–Crippen LogP) is 3.52. The lowest BCUT2D eigenvalue weighted by Crippen LogP contribution is -2.28. The van der Waals surface area contributed by atoms with Crippen molar-refractivity contribution in [3.63, 3.8) is 0 Å². The van der Waals surface area contributed by atoms with E-state index < -0.39 is 5.41 Å². The zero-order chi connectivity index (χ0) is 17.2. The Hall–Kier alpha value is -2.62. The number of hydrogen-bond acceptors (Lipinski definition) is 3. The molecule has 24 heavy (non-hydrogen) atoms. The number of rotatable bonds is 5. The van der Waals surface area contributed by atoms with Gasteiger partial charge in [-0.1, -0.05) is 48.5 Å². The molecule has 4 heteroatoms. The molecule has 2 aromatic rings. The van der Waals surface area contributed by atoms with Crippen molar-refractivity contribution < 1.29 is 14.3 Å². The number of anilines is 1. The van der Waals surface area contributed by atoms with Crippen LogP contribution in [0.4, 0.5) is 5.69 Å². The number of aryl methyl sites for hydroxylation is 2. The van der Waals surface area contributed by atoms with Gasteiger partial charge in [-0.15, -0.1) is 0 Å². The molecule has 2 aromatic carbocycles. The Kier molecular flexibility index (Phi) is 4.38. The maximum absolute atomic E-state index is 12.4.